The highest BCUT2D eigenvalue weighted by Gasteiger charge is 2.77. The molecule has 1 aliphatic heterocycles. The second-order valence-electron chi connectivity index (χ2n) is 2.53. The number of ether oxygens (including phenoxy) is 2. The molecule has 1 saturated heterocycles. The van der Waals surface area contributed by atoms with Crippen molar-refractivity contribution in [1.29, 1.82) is 0 Å². The number of halogens is 7. The summed E-state index contributed by atoms with van der Waals surface area (Å²) in [6.07, 6.45) is -18.1. The average molecular weight is 242 g/mol. The van der Waals surface area contributed by atoms with Gasteiger partial charge >= 0.3 is 24.4 Å². The minimum atomic E-state index is -6.03. The van der Waals surface area contributed by atoms with E-state index >= 15 is 0 Å². The van der Waals surface area contributed by atoms with Gasteiger partial charge < -0.3 is 9.47 Å². The van der Waals surface area contributed by atoms with Crippen LogP contribution in [0.3, 0.4) is 0 Å². The Morgan fingerprint density at radius 3 is 1.87 bits per heavy atom. The maximum Gasteiger partial charge on any atom is 0.512 e. The molecule has 88 valence electrons. The Hall–Kier alpha value is -1.22. The van der Waals surface area contributed by atoms with Crippen LogP contribution in [0.1, 0.15) is 0 Å². The van der Waals surface area contributed by atoms with Gasteiger partial charge in [0.05, 0.1) is 0 Å². The molecule has 0 spiro atoms. The third kappa shape index (κ3) is 1.79. The van der Waals surface area contributed by atoms with Crippen LogP contribution in [-0.2, 0) is 9.47 Å². The molecule has 0 aromatic carbocycles. The van der Waals surface area contributed by atoms with Gasteiger partial charge in [0.1, 0.15) is 0 Å². The summed E-state index contributed by atoms with van der Waals surface area (Å²) in [6, 6.07) is 0. The number of hydrogen-bond donors (Lipinski definition) is 0. The van der Waals surface area contributed by atoms with Gasteiger partial charge in [0.25, 0.3) is 6.10 Å². The monoisotopic (exact) mass is 242 g/mol. The average Bonchev–Trinajstić information content (AvgIpc) is 2.24. The van der Waals surface area contributed by atoms with Crippen molar-refractivity contribution < 1.29 is 45.0 Å². The van der Waals surface area contributed by atoms with E-state index in [-0.39, 0.29) is 0 Å². The predicted molar refractivity (Wildman–Crippen MR) is 27.3 cm³/mol. The highest BCUT2D eigenvalue weighted by Crippen LogP contribution is 2.48. The third-order valence-corrected chi connectivity index (χ3v) is 1.47. The van der Waals surface area contributed by atoms with Gasteiger partial charge in [-0.15, -0.1) is 0 Å². The fourth-order valence-corrected chi connectivity index (χ4v) is 0.855. The van der Waals surface area contributed by atoms with Crippen molar-refractivity contribution in [1.82, 2.24) is 0 Å². The zero-order chi connectivity index (χ0) is 12.1. The molecule has 0 aromatic heterocycles. The molecular formula is C5HF7O3. The van der Waals surface area contributed by atoms with Crippen molar-refractivity contribution in [2.75, 3.05) is 0 Å². The predicted octanol–water partition coefficient (Wildman–Crippen LogP) is 2.31. The second-order valence-corrected chi connectivity index (χ2v) is 2.53. The molecule has 2 atom stereocenters. The maximum atomic E-state index is 12.8. The molecule has 15 heavy (non-hydrogen) atoms. The molecule has 0 amide bonds. The first kappa shape index (κ1) is 11.9. The smallest absolute Gasteiger partial charge is 0.413 e. The van der Waals surface area contributed by atoms with E-state index in [1.165, 1.54) is 0 Å². The van der Waals surface area contributed by atoms with Crippen LogP contribution >= 0.6 is 0 Å². The standard InChI is InChI=1S/C5HF7O3/c6-3(5(10,11)12)1(4(7,8)9)14-2(13)15-3/h1H. The first-order chi connectivity index (χ1) is 6.48. The van der Waals surface area contributed by atoms with E-state index < -0.39 is 30.5 Å². The number of cyclic esters (lactones) is 2. The van der Waals surface area contributed by atoms with Crippen molar-refractivity contribution in [3.05, 3.63) is 0 Å². The number of alkyl halides is 7. The van der Waals surface area contributed by atoms with E-state index in [4.69, 9.17) is 0 Å². The summed E-state index contributed by atoms with van der Waals surface area (Å²) in [5.41, 5.74) is 0. The summed E-state index contributed by atoms with van der Waals surface area (Å²) in [6.45, 7) is 0. The molecule has 0 aliphatic carbocycles. The molecule has 1 aliphatic rings. The Morgan fingerprint density at radius 1 is 1.13 bits per heavy atom. The van der Waals surface area contributed by atoms with Crippen molar-refractivity contribution >= 4 is 6.16 Å². The van der Waals surface area contributed by atoms with Gasteiger partial charge in [-0.1, -0.05) is 0 Å². The Morgan fingerprint density at radius 2 is 1.60 bits per heavy atom. The lowest BCUT2D eigenvalue weighted by molar-refractivity contribution is -0.349. The molecule has 10 heteroatoms. The number of carbonyl (C=O) groups excluding carboxylic acids is 1. The molecule has 1 fully saturated rings. The summed E-state index contributed by atoms with van der Waals surface area (Å²) in [7, 11) is 0. The van der Waals surface area contributed by atoms with Crippen LogP contribution in [0.15, 0.2) is 0 Å². The molecule has 1 heterocycles. The zero-order valence-electron chi connectivity index (χ0n) is 6.45. The lowest BCUT2D eigenvalue weighted by atomic mass is 10.1. The first-order valence-corrected chi connectivity index (χ1v) is 3.20. The fourth-order valence-electron chi connectivity index (χ4n) is 0.855. The topological polar surface area (TPSA) is 35.5 Å². The lowest BCUT2D eigenvalue weighted by Gasteiger charge is -2.25. The van der Waals surface area contributed by atoms with Crippen molar-refractivity contribution in [3.63, 3.8) is 0 Å². The van der Waals surface area contributed by atoms with Crippen LogP contribution < -0.4 is 0 Å². The molecule has 3 nitrogen and oxygen atoms in total. The third-order valence-electron chi connectivity index (χ3n) is 1.47. The van der Waals surface area contributed by atoms with Gasteiger partial charge in [-0.05, 0) is 0 Å². The zero-order valence-corrected chi connectivity index (χ0v) is 6.45. The van der Waals surface area contributed by atoms with E-state index in [1.807, 2.05) is 0 Å². The number of carbonyl (C=O) groups is 1. The summed E-state index contributed by atoms with van der Waals surface area (Å²) in [5, 5.41) is 0. The molecular weight excluding hydrogens is 241 g/mol. The Bertz CT molecular complexity index is 281. The minimum Gasteiger partial charge on any atom is -0.413 e. The summed E-state index contributed by atoms with van der Waals surface area (Å²) in [5.74, 6) is -5.19. The second kappa shape index (κ2) is 2.89. The Balaban J connectivity index is 3.12. The van der Waals surface area contributed by atoms with E-state index in [0.717, 1.165) is 0 Å². The SMILES string of the molecule is O=C1OC(C(F)(F)F)C(F)(C(F)(F)F)O1. The normalized spacial score (nSPS) is 32.5. The molecule has 0 aromatic rings. The van der Waals surface area contributed by atoms with E-state index in [1.54, 1.807) is 0 Å². The van der Waals surface area contributed by atoms with Crippen LogP contribution in [0.5, 0.6) is 0 Å². The van der Waals surface area contributed by atoms with Crippen molar-refractivity contribution in [3.8, 4) is 0 Å². The lowest BCUT2D eigenvalue weighted by Crippen LogP contribution is -2.54. The quantitative estimate of drug-likeness (QED) is 0.483. The van der Waals surface area contributed by atoms with Crippen LogP contribution in [0.2, 0.25) is 0 Å². The van der Waals surface area contributed by atoms with Gasteiger partial charge in [0.15, 0.2) is 0 Å². The summed E-state index contributed by atoms with van der Waals surface area (Å²) in [4.78, 5) is 10.1. The van der Waals surface area contributed by atoms with Gasteiger partial charge in [-0.2, -0.15) is 30.7 Å². The van der Waals surface area contributed by atoms with Gasteiger partial charge in [-0.3, -0.25) is 0 Å². The van der Waals surface area contributed by atoms with E-state index in [0.29, 0.717) is 0 Å². The number of rotatable bonds is 0. The van der Waals surface area contributed by atoms with E-state index in [9.17, 15) is 35.5 Å². The maximum absolute atomic E-state index is 12.8. The van der Waals surface area contributed by atoms with Crippen LogP contribution in [0.25, 0.3) is 0 Å². The van der Waals surface area contributed by atoms with Gasteiger partial charge in [-0.25, -0.2) is 4.79 Å². The van der Waals surface area contributed by atoms with Crippen LogP contribution in [0, 0.1) is 0 Å². The molecule has 0 radical (unpaired) electrons. The largest absolute Gasteiger partial charge is 0.512 e. The molecule has 0 bridgehead atoms. The first-order valence-electron chi connectivity index (χ1n) is 3.20. The van der Waals surface area contributed by atoms with Crippen LogP contribution in [0.4, 0.5) is 35.5 Å². The molecule has 2 unspecified atom stereocenters. The van der Waals surface area contributed by atoms with E-state index in [2.05, 4.69) is 9.47 Å². The fraction of sp³-hybridized carbons (Fsp3) is 0.800. The van der Waals surface area contributed by atoms with Gasteiger partial charge in [0, 0.05) is 0 Å². The number of hydrogen-bond acceptors (Lipinski definition) is 3. The summed E-state index contributed by atoms with van der Waals surface area (Å²) >= 11 is 0. The Labute approximate surface area is 76.7 Å². The molecule has 0 saturated carbocycles. The van der Waals surface area contributed by atoms with Crippen molar-refractivity contribution in [2.24, 2.45) is 0 Å². The van der Waals surface area contributed by atoms with Crippen molar-refractivity contribution in [2.45, 2.75) is 24.3 Å². The molecule has 1 rings (SSSR count). The highest BCUT2D eigenvalue weighted by molar-refractivity contribution is 5.63. The molecule has 0 N–H and O–H groups in total. The minimum absolute atomic E-state index is 2.36. The summed E-state index contributed by atoms with van der Waals surface area (Å²) < 4.78 is 90.0. The Kier molecular flexibility index (Phi) is 2.28. The van der Waals surface area contributed by atoms with Crippen LogP contribution in [-0.4, -0.2) is 30.5 Å². The van der Waals surface area contributed by atoms with Gasteiger partial charge in [0.2, 0.25) is 0 Å². The highest BCUT2D eigenvalue weighted by atomic mass is 19.4.